The van der Waals surface area contributed by atoms with Crippen LogP contribution in [-0.2, 0) is 4.79 Å². The van der Waals surface area contributed by atoms with E-state index in [-0.39, 0.29) is 11.8 Å². The highest BCUT2D eigenvalue weighted by molar-refractivity contribution is 5.95. The summed E-state index contributed by atoms with van der Waals surface area (Å²) in [5, 5.41) is 22.0. The minimum Gasteiger partial charge on any atom is -0.387 e. The highest BCUT2D eigenvalue weighted by atomic mass is 16.3. The molecule has 1 aromatic carbocycles. The first-order valence-corrected chi connectivity index (χ1v) is 5.71. The Morgan fingerprint density at radius 3 is 3.06 bits per heavy atom. The standard InChI is InChI=1S/C13H12N2O2/c14-6-8-4-7-5-11(16)15-10-3-1-2-9(12(7)10)13(8)17/h1-3,7-8,13,17H,4-5H2,(H,15,16)/t7-,8-,13-/m1/s1. The lowest BCUT2D eigenvalue weighted by Crippen LogP contribution is -2.31. The summed E-state index contributed by atoms with van der Waals surface area (Å²) in [6, 6.07) is 7.64. The monoisotopic (exact) mass is 228 g/mol. The predicted molar refractivity (Wildman–Crippen MR) is 61.1 cm³/mol. The third-order valence-electron chi connectivity index (χ3n) is 3.66. The van der Waals surface area contributed by atoms with Crippen molar-refractivity contribution in [3.63, 3.8) is 0 Å². The Morgan fingerprint density at radius 1 is 1.47 bits per heavy atom. The SMILES string of the molecule is N#C[C@H]1C[C@@H]2CC(=O)Nc3cccc(c32)[C@@H]1O. The number of carbonyl (C=O) groups is 1. The van der Waals surface area contributed by atoms with Gasteiger partial charge in [-0.3, -0.25) is 4.79 Å². The van der Waals surface area contributed by atoms with E-state index in [0.29, 0.717) is 12.8 Å². The minimum atomic E-state index is -0.735. The summed E-state index contributed by atoms with van der Waals surface area (Å²) >= 11 is 0. The summed E-state index contributed by atoms with van der Waals surface area (Å²) < 4.78 is 0. The van der Waals surface area contributed by atoms with E-state index in [2.05, 4.69) is 11.4 Å². The number of hydrogen-bond acceptors (Lipinski definition) is 3. The first-order chi connectivity index (χ1) is 8.20. The fourth-order valence-corrected chi connectivity index (χ4v) is 2.91. The number of aliphatic hydroxyl groups is 1. The smallest absolute Gasteiger partial charge is 0.224 e. The van der Waals surface area contributed by atoms with Crippen molar-refractivity contribution in [1.29, 1.82) is 5.26 Å². The lowest BCUT2D eigenvalue weighted by molar-refractivity contribution is -0.117. The van der Waals surface area contributed by atoms with Gasteiger partial charge in [0, 0.05) is 12.1 Å². The second-order valence-electron chi connectivity index (χ2n) is 4.67. The summed E-state index contributed by atoms with van der Waals surface area (Å²) in [5.74, 6) is -0.343. The van der Waals surface area contributed by atoms with E-state index in [1.165, 1.54) is 0 Å². The Bertz CT molecular complexity index is 533. The van der Waals surface area contributed by atoms with Crippen LogP contribution in [0.5, 0.6) is 0 Å². The molecule has 2 N–H and O–H groups in total. The van der Waals surface area contributed by atoms with Crippen molar-refractivity contribution in [1.82, 2.24) is 0 Å². The maximum Gasteiger partial charge on any atom is 0.224 e. The molecule has 0 saturated heterocycles. The van der Waals surface area contributed by atoms with E-state index in [4.69, 9.17) is 5.26 Å². The van der Waals surface area contributed by atoms with E-state index in [1.807, 2.05) is 12.1 Å². The lowest BCUT2D eigenvalue weighted by Gasteiger charge is -2.36. The van der Waals surface area contributed by atoms with Crippen molar-refractivity contribution in [2.75, 3.05) is 5.32 Å². The summed E-state index contributed by atoms with van der Waals surface area (Å²) in [4.78, 5) is 11.6. The second kappa shape index (κ2) is 3.57. The van der Waals surface area contributed by atoms with E-state index >= 15 is 0 Å². The molecule has 0 unspecified atom stereocenters. The van der Waals surface area contributed by atoms with E-state index in [1.54, 1.807) is 6.07 Å². The van der Waals surface area contributed by atoms with Crippen LogP contribution in [0.1, 0.15) is 36.0 Å². The average molecular weight is 228 g/mol. The molecule has 4 nitrogen and oxygen atoms in total. The Balaban J connectivity index is 2.17. The van der Waals surface area contributed by atoms with Gasteiger partial charge < -0.3 is 10.4 Å². The van der Waals surface area contributed by atoms with Gasteiger partial charge in [-0.1, -0.05) is 12.1 Å². The van der Waals surface area contributed by atoms with Crippen molar-refractivity contribution in [2.45, 2.75) is 24.9 Å². The first-order valence-electron chi connectivity index (χ1n) is 5.71. The largest absolute Gasteiger partial charge is 0.387 e. The number of nitrogens with one attached hydrogen (secondary N) is 1. The fraction of sp³-hybridized carbons (Fsp3) is 0.385. The maximum atomic E-state index is 11.6. The summed E-state index contributed by atoms with van der Waals surface area (Å²) in [6.45, 7) is 0. The molecule has 0 spiro atoms. The molecule has 1 amide bonds. The quantitative estimate of drug-likeness (QED) is 0.709. The van der Waals surface area contributed by atoms with Crippen molar-refractivity contribution in [3.8, 4) is 6.07 Å². The van der Waals surface area contributed by atoms with Gasteiger partial charge in [-0.15, -0.1) is 0 Å². The number of nitrogens with zero attached hydrogens (tertiary/aromatic N) is 1. The number of hydrogen-bond donors (Lipinski definition) is 2. The van der Waals surface area contributed by atoms with Gasteiger partial charge in [0.25, 0.3) is 0 Å². The fourth-order valence-electron chi connectivity index (χ4n) is 2.91. The first kappa shape index (κ1) is 10.3. The Hall–Kier alpha value is -1.86. The maximum absolute atomic E-state index is 11.6. The second-order valence-corrected chi connectivity index (χ2v) is 4.67. The third kappa shape index (κ3) is 1.43. The minimum absolute atomic E-state index is 0.00673. The van der Waals surface area contributed by atoms with Crippen LogP contribution >= 0.6 is 0 Å². The molecule has 0 aromatic heterocycles. The Kier molecular flexibility index (Phi) is 2.17. The predicted octanol–water partition coefficient (Wildman–Crippen LogP) is 1.69. The van der Waals surface area contributed by atoms with Crippen LogP contribution in [0.3, 0.4) is 0 Å². The third-order valence-corrected chi connectivity index (χ3v) is 3.66. The molecule has 3 rings (SSSR count). The normalized spacial score (nSPS) is 30.1. The highest BCUT2D eigenvalue weighted by Gasteiger charge is 2.38. The zero-order chi connectivity index (χ0) is 12.0. The van der Waals surface area contributed by atoms with Crippen molar-refractivity contribution < 1.29 is 9.90 Å². The Morgan fingerprint density at radius 2 is 2.29 bits per heavy atom. The van der Waals surface area contributed by atoms with Gasteiger partial charge in [-0.25, -0.2) is 0 Å². The number of amides is 1. The van der Waals surface area contributed by atoms with Gasteiger partial charge in [0.2, 0.25) is 5.91 Å². The molecule has 3 atom stereocenters. The van der Waals surface area contributed by atoms with Crippen LogP contribution in [0, 0.1) is 17.2 Å². The zero-order valence-corrected chi connectivity index (χ0v) is 9.18. The molecule has 1 aromatic rings. The number of anilines is 1. The van der Waals surface area contributed by atoms with E-state index < -0.39 is 12.0 Å². The number of nitriles is 1. The van der Waals surface area contributed by atoms with E-state index in [9.17, 15) is 9.90 Å². The molecule has 0 fully saturated rings. The molecule has 0 saturated carbocycles. The van der Waals surface area contributed by atoms with E-state index in [0.717, 1.165) is 16.8 Å². The summed E-state index contributed by atoms with van der Waals surface area (Å²) in [5.41, 5.74) is 2.61. The molecular weight excluding hydrogens is 216 g/mol. The van der Waals surface area contributed by atoms with Crippen LogP contribution in [0.4, 0.5) is 5.69 Å². The molecule has 0 bridgehead atoms. The number of benzene rings is 1. The van der Waals surface area contributed by atoms with Crippen LogP contribution in [0.15, 0.2) is 18.2 Å². The number of aliphatic hydroxyl groups excluding tert-OH is 1. The van der Waals surface area contributed by atoms with Crippen LogP contribution in [0.25, 0.3) is 0 Å². The summed E-state index contributed by atoms with van der Waals surface area (Å²) in [7, 11) is 0. The zero-order valence-electron chi connectivity index (χ0n) is 9.18. The topological polar surface area (TPSA) is 73.1 Å². The molecule has 1 heterocycles. The molecule has 1 aliphatic carbocycles. The molecule has 2 aliphatic rings. The summed E-state index contributed by atoms with van der Waals surface area (Å²) in [6.07, 6.45) is 0.241. The van der Waals surface area contributed by atoms with Gasteiger partial charge in [-0.2, -0.15) is 5.26 Å². The van der Waals surface area contributed by atoms with Gasteiger partial charge in [0.15, 0.2) is 0 Å². The highest BCUT2D eigenvalue weighted by Crippen LogP contribution is 2.47. The molecule has 0 radical (unpaired) electrons. The average Bonchev–Trinajstić information content (AvgIpc) is 2.33. The van der Waals surface area contributed by atoms with Crippen molar-refractivity contribution in [3.05, 3.63) is 29.3 Å². The number of rotatable bonds is 0. The van der Waals surface area contributed by atoms with Crippen molar-refractivity contribution >= 4 is 11.6 Å². The van der Waals surface area contributed by atoms with Crippen LogP contribution < -0.4 is 5.32 Å². The van der Waals surface area contributed by atoms with Crippen molar-refractivity contribution in [2.24, 2.45) is 5.92 Å². The molecule has 1 aliphatic heterocycles. The van der Waals surface area contributed by atoms with Gasteiger partial charge in [0.1, 0.15) is 0 Å². The molecule has 17 heavy (non-hydrogen) atoms. The van der Waals surface area contributed by atoms with Gasteiger partial charge >= 0.3 is 0 Å². The van der Waals surface area contributed by atoms with Crippen LogP contribution in [0.2, 0.25) is 0 Å². The lowest BCUT2D eigenvalue weighted by atomic mass is 9.72. The van der Waals surface area contributed by atoms with Gasteiger partial charge in [0.05, 0.1) is 18.1 Å². The molecule has 4 heteroatoms. The molecular formula is C13H12N2O2. The van der Waals surface area contributed by atoms with Crippen LogP contribution in [-0.4, -0.2) is 11.0 Å². The molecule has 86 valence electrons. The van der Waals surface area contributed by atoms with Gasteiger partial charge in [-0.05, 0) is 29.5 Å². The Labute approximate surface area is 98.9 Å². The number of carbonyl (C=O) groups excluding carboxylic acids is 1.